The number of nitrogens with one attached hydrogen (secondary N) is 1. The van der Waals surface area contributed by atoms with Crippen molar-refractivity contribution in [3.8, 4) is 11.8 Å². The highest BCUT2D eigenvalue weighted by Crippen LogP contribution is 2.18. The Morgan fingerprint density at radius 2 is 2.19 bits per heavy atom. The number of rotatable bonds is 5. The molecule has 1 saturated heterocycles. The minimum absolute atomic E-state index is 0.143. The summed E-state index contributed by atoms with van der Waals surface area (Å²) < 4.78 is 6.41. The smallest absolute Gasteiger partial charge is 0.414 e. The predicted molar refractivity (Wildman–Crippen MR) is 94.5 cm³/mol. The molecule has 0 unspecified atom stereocenters. The van der Waals surface area contributed by atoms with Gasteiger partial charge in [0.25, 0.3) is 0 Å². The van der Waals surface area contributed by atoms with Crippen LogP contribution in [0.1, 0.15) is 5.56 Å². The molecule has 2 aromatic rings. The van der Waals surface area contributed by atoms with Crippen LogP contribution in [0, 0.1) is 11.8 Å². The van der Waals surface area contributed by atoms with Crippen LogP contribution in [0.5, 0.6) is 0 Å². The molecule has 3 rings (SSSR count). The maximum absolute atomic E-state index is 11.8. The number of thioether (sulfide) groups is 1. The predicted octanol–water partition coefficient (Wildman–Crippen LogP) is 0.427. The first-order valence-electron chi connectivity index (χ1n) is 7.78. The molecule has 134 valence electrons. The van der Waals surface area contributed by atoms with Crippen LogP contribution in [0.4, 0.5) is 10.5 Å². The Hall–Kier alpha value is -3.06. The van der Waals surface area contributed by atoms with Crippen LogP contribution < -0.4 is 10.2 Å². The van der Waals surface area contributed by atoms with E-state index in [1.165, 1.54) is 16.4 Å². The summed E-state index contributed by atoms with van der Waals surface area (Å²) in [5, 5.41) is 14.3. The van der Waals surface area contributed by atoms with Gasteiger partial charge in [0.15, 0.2) is 0 Å². The summed E-state index contributed by atoms with van der Waals surface area (Å²) in [5.41, 5.74) is 1.58. The van der Waals surface area contributed by atoms with Crippen LogP contribution >= 0.6 is 11.8 Å². The molecule has 1 N–H and O–H groups in total. The monoisotopic (exact) mass is 372 g/mol. The summed E-state index contributed by atoms with van der Waals surface area (Å²) in [7, 11) is 1.71. The molecule has 1 fully saturated rings. The molecule has 2 heterocycles. The van der Waals surface area contributed by atoms with Crippen LogP contribution in [0.2, 0.25) is 0 Å². The fourth-order valence-electron chi connectivity index (χ4n) is 2.17. The fourth-order valence-corrected chi connectivity index (χ4v) is 2.85. The van der Waals surface area contributed by atoms with Gasteiger partial charge in [-0.1, -0.05) is 23.6 Å². The van der Waals surface area contributed by atoms with Gasteiger partial charge >= 0.3 is 6.09 Å². The molecule has 10 heteroatoms. The van der Waals surface area contributed by atoms with Gasteiger partial charge in [-0.15, -0.1) is 5.10 Å². The van der Waals surface area contributed by atoms with Crippen molar-refractivity contribution in [2.24, 2.45) is 7.05 Å². The van der Waals surface area contributed by atoms with E-state index in [0.717, 1.165) is 11.3 Å². The van der Waals surface area contributed by atoms with E-state index in [4.69, 9.17) is 4.74 Å². The fraction of sp³-hybridized carbons (Fsp3) is 0.312. The number of nitrogens with zero attached hydrogens (tertiary/aromatic N) is 5. The minimum atomic E-state index is -0.332. The molecule has 0 aliphatic carbocycles. The van der Waals surface area contributed by atoms with E-state index in [0.29, 0.717) is 18.3 Å². The number of benzene rings is 1. The van der Waals surface area contributed by atoms with Crippen molar-refractivity contribution >= 4 is 29.4 Å². The van der Waals surface area contributed by atoms with Gasteiger partial charge in [0, 0.05) is 18.3 Å². The van der Waals surface area contributed by atoms with Crippen molar-refractivity contribution in [2.45, 2.75) is 5.16 Å². The van der Waals surface area contributed by atoms with Crippen molar-refractivity contribution in [2.75, 3.05) is 30.3 Å². The molecule has 1 aromatic carbocycles. The summed E-state index contributed by atoms with van der Waals surface area (Å²) in [6.45, 7) is 1.21. The third-order valence-electron chi connectivity index (χ3n) is 3.46. The number of aromatic nitrogens is 4. The number of carbonyl (C=O) groups is 2. The third-order valence-corrected chi connectivity index (χ3v) is 4.47. The number of ether oxygens (including phenoxy) is 1. The Labute approximate surface area is 154 Å². The van der Waals surface area contributed by atoms with Crippen LogP contribution in [0.15, 0.2) is 29.4 Å². The maximum atomic E-state index is 11.8. The first-order valence-corrected chi connectivity index (χ1v) is 8.77. The number of aryl methyl sites for hydroxylation is 1. The first kappa shape index (κ1) is 17.8. The van der Waals surface area contributed by atoms with E-state index in [1.54, 1.807) is 11.9 Å². The number of tetrazole rings is 1. The maximum Gasteiger partial charge on any atom is 0.414 e. The molecular formula is C16H16N6O3S. The lowest BCUT2D eigenvalue weighted by Gasteiger charge is -2.11. The lowest BCUT2D eigenvalue weighted by atomic mass is 10.2. The van der Waals surface area contributed by atoms with Gasteiger partial charge in [-0.3, -0.25) is 9.69 Å². The molecule has 9 nitrogen and oxygen atoms in total. The first-order chi connectivity index (χ1) is 12.6. The molecule has 1 aliphatic heterocycles. The Balaban J connectivity index is 1.43. The molecule has 0 radical (unpaired) electrons. The molecule has 26 heavy (non-hydrogen) atoms. The van der Waals surface area contributed by atoms with Crippen molar-refractivity contribution in [3.05, 3.63) is 29.8 Å². The highest BCUT2D eigenvalue weighted by Gasteiger charge is 2.23. The zero-order valence-electron chi connectivity index (χ0n) is 14.0. The second-order valence-electron chi connectivity index (χ2n) is 5.27. The highest BCUT2D eigenvalue weighted by atomic mass is 32.2. The molecule has 0 saturated carbocycles. The van der Waals surface area contributed by atoms with Gasteiger partial charge in [0.2, 0.25) is 11.1 Å². The van der Waals surface area contributed by atoms with E-state index in [1.807, 2.05) is 24.3 Å². The number of cyclic esters (lactones) is 1. The standard InChI is InChI=1S/C16H16N6O3S/c1-21-15(18-19-20-21)26-11-14(23)17-8-2-3-12-4-6-13(7-5-12)22-9-10-25-16(22)24/h4-7H,8-11H2,1H3,(H,17,23). The van der Waals surface area contributed by atoms with E-state index in [9.17, 15) is 9.59 Å². The Bertz CT molecular complexity index is 855. The SMILES string of the molecule is Cn1nnnc1SCC(=O)NCC#Cc1ccc(N2CCOC2=O)cc1. The zero-order chi connectivity index (χ0) is 18.4. The van der Waals surface area contributed by atoms with Gasteiger partial charge in [-0.2, -0.15) is 0 Å². The van der Waals surface area contributed by atoms with Crippen LogP contribution in [-0.4, -0.2) is 57.7 Å². The normalized spacial score (nSPS) is 13.1. The van der Waals surface area contributed by atoms with Gasteiger partial charge in [0.05, 0.1) is 18.8 Å². The molecule has 2 amide bonds. The van der Waals surface area contributed by atoms with Crippen molar-refractivity contribution < 1.29 is 14.3 Å². The number of hydrogen-bond acceptors (Lipinski definition) is 7. The van der Waals surface area contributed by atoms with E-state index >= 15 is 0 Å². The molecule has 1 aromatic heterocycles. The van der Waals surface area contributed by atoms with Crippen LogP contribution in [0.3, 0.4) is 0 Å². The summed E-state index contributed by atoms with van der Waals surface area (Å²) in [5.74, 6) is 5.93. The summed E-state index contributed by atoms with van der Waals surface area (Å²) >= 11 is 1.25. The summed E-state index contributed by atoms with van der Waals surface area (Å²) in [6, 6.07) is 7.29. The number of amides is 2. The molecular weight excluding hydrogens is 356 g/mol. The van der Waals surface area contributed by atoms with Crippen LogP contribution in [-0.2, 0) is 16.6 Å². The summed E-state index contributed by atoms with van der Waals surface area (Å²) in [6.07, 6.45) is -0.332. The Morgan fingerprint density at radius 1 is 1.38 bits per heavy atom. The highest BCUT2D eigenvalue weighted by molar-refractivity contribution is 7.99. The third kappa shape index (κ3) is 4.52. The number of anilines is 1. The second kappa shape index (κ2) is 8.35. The molecule has 0 spiro atoms. The lowest BCUT2D eigenvalue weighted by Crippen LogP contribution is -2.25. The Morgan fingerprint density at radius 3 is 2.85 bits per heavy atom. The molecule has 1 aliphatic rings. The van der Waals surface area contributed by atoms with E-state index in [-0.39, 0.29) is 24.3 Å². The van der Waals surface area contributed by atoms with Gasteiger partial charge in [-0.25, -0.2) is 9.48 Å². The van der Waals surface area contributed by atoms with E-state index in [2.05, 4.69) is 32.7 Å². The largest absolute Gasteiger partial charge is 0.447 e. The average Bonchev–Trinajstić information content (AvgIpc) is 3.25. The summed E-state index contributed by atoms with van der Waals surface area (Å²) in [4.78, 5) is 24.8. The van der Waals surface area contributed by atoms with Crippen LogP contribution in [0.25, 0.3) is 0 Å². The zero-order valence-corrected chi connectivity index (χ0v) is 14.8. The van der Waals surface area contributed by atoms with Gasteiger partial charge < -0.3 is 10.1 Å². The minimum Gasteiger partial charge on any atom is -0.447 e. The molecule has 0 bridgehead atoms. The van der Waals surface area contributed by atoms with Crippen molar-refractivity contribution in [3.63, 3.8) is 0 Å². The quantitative estimate of drug-likeness (QED) is 0.600. The lowest BCUT2D eigenvalue weighted by molar-refractivity contribution is -0.118. The number of hydrogen-bond donors (Lipinski definition) is 1. The van der Waals surface area contributed by atoms with Crippen molar-refractivity contribution in [1.29, 1.82) is 0 Å². The van der Waals surface area contributed by atoms with Gasteiger partial charge in [-0.05, 0) is 34.7 Å². The Kier molecular flexibility index (Phi) is 5.70. The topological polar surface area (TPSA) is 102 Å². The van der Waals surface area contributed by atoms with Crippen molar-refractivity contribution in [1.82, 2.24) is 25.5 Å². The molecule has 0 atom stereocenters. The number of carbonyl (C=O) groups excluding carboxylic acids is 2. The van der Waals surface area contributed by atoms with E-state index < -0.39 is 0 Å². The average molecular weight is 372 g/mol. The van der Waals surface area contributed by atoms with Gasteiger partial charge in [0.1, 0.15) is 6.61 Å². The second-order valence-corrected chi connectivity index (χ2v) is 6.21.